The van der Waals surface area contributed by atoms with Crippen molar-refractivity contribution < 1.29 is 14.0 Å². The molecule has 36 heavy (non-hydrogen) atoms. The van der Waals surface area contributed by atoms with Crippen LogP contribution in [0.5, 0.6) is 0 Å². The average molecular weight is 506 g/mol. The third kappa shape index (κ3) is 4.90. The minimum atomic E-state index is -0.518. The Morgan fingerprint density at radius 2 is 1.75 bits per heavy atom. The number of nitro benzene ring substituents is 1. The van der Waals surface area contributed by atoms with Crippen LogP contribution in [0, 0.1) is 17.0 Å². The Kier molecular flexibility index (Phi) is 6.11. The summed E-state index contributed by atoms with van der Waals surface area (Å²) >= 11 is 6.18. The van der Waals surface area contributed by atoms with Crippen LogP contribution < -0.4 is 16.3 Å². The van der Waals surface area contributed by atoms with E-state index in [0.717, 1.165) is 11.3 Å². The van der Waals surface area contributed by atoms with E-state index in [0.29, 0.717) is 22.9 Å². The highest BCUT2D eigenvalue weighted by Gasteiger charge is 2.14. The molecule has 5 rings (SSSR count). The molecule has 0 amide bonds. The quantitative estimate of drug-likeness (QED) is 0.147. The average Bonchev–Trinajstić information content (AvgIpc) is 3.52. The van der Waals surface area contributed by atoms with Crippen molar-refractivity contribution in [2.45, 2.75) is 6.92 Å². The minimum Gasteiger partial charge on any atom is -0.455 e. The Morgan fingerprint density at radius 1 is 1.00 bits per heavy atom. The van der Waals surface area contributed by atoms with Gasteiger partial charge in [-0.25, -0.2) is 4.63 Å². The molecule has 0 aliphatic carbocycles. The molecule has 5 aromatic rings. The molecule has 0 fully saturated rings. The van der Waals surface area contributed by atoms with Crippen LogP contribution in [0.2, 0.25) is 5.02 Å². The highest BCUT2D eigenvalue weighted by Crippen LogP contribution is 2.32. The van der Waals surface area contributed by atoms with Gasteiger partial charge in [-0.05, 0) is 47.6 Å². The number of nitrogens with zero attached hydrogens (tertiary/aromatic N) is 6. The number of aryl methyl sites for hydroxylation is 1. The largest absolute Gasteiger partial charge is 0.455 e. The molecule has 0 atom stereocenters. The van der Waals surface area contributed by atoms with Crippen molar-refractivity contribution in [2.24, 2.45) is 5.10 Å². The summed E-state index contributed by atoms with van der Waals surface area (Å²) < 4.78 is 10.4. The van der Waals surface area contributed by atoms with Crippen molar-refractivity contribution in [1.29, 1.82) is 0 Å². The number of anilines is 3. The molecule has 14 heteroatoms. The van der Waals surface area contributed by atoms with Crippen molar-refractivity contribution >= 4 is 52.1 Å². The van der Waals surface area contributed by atoms with E-state index < -0.39 is 4.92 Å². The van der Waals surface area contributed by atoms with Crippen LogP contribution in [0.3, 0.4) is 0 Å². The molecule has 180 valence electrons. The van der Waals surface area contributed by atoms with E-state index in [4.69, 9.17) is 20.6 Å². The number of nitro groups is 1. The van der Waals surface area contributed by atoms with E-state index in [9.17, 15) is 10.1 Å². The predicted molar refractivity (Wildman–Crippen MR) is 133 cm³/mol. The number of halogens is 1. The Bertz CT molecular complexity index is 1580. The van der Waals surface area contributed by atoms with Gasteiger partial charge in [-0.1, -0.05) is 29.3 Å². The number of hydrogen-bond donors (Lipinski definition) is 3. The van der Waals surface area contributed by atoms with Gasteiger partial charge in [-0.15, -0.1) is 0 Å². The zero-order valence-electron chi connectivity index (χ0n) is 18.5. The molecule has 0 bridgehead atoms. The first kappa shape index (κ1) is 22.7. The fourth-order valence-corrected chi connectivity index (χ4v) is 3.38. The smallest absolute Gasteiger partial charge is 0.270 e. The van der Waals surface area contributed by atoms with Gasteiger partial charge in [-0.3, -0.25) is 26.4 Å². The number of non-ortho nitro benzene ring substituents is 1. The highest BCUT2D eigenvalue weighted by atomic mass is 35.5. The van der Waals surface area contributed by atoms with E-state index in [1.807, 2.05) is 31.2 Å². The maximum Gasteiger partial charge on any atom is 0.270 e. The summed E-state index contributed by atoms with van der Waals surface area (Å²) in [6.45, 7) is 2.00. The Morgan fingerprint density at radius 3 is 2.47 bits per heavy atom. The lowest BCUT2D eigenvalue weighted by atomic mass is 10.1. The van der Waals surface area contributed by atoms with Crippen LogP contribution in [0.4, 0.5) is 23.0 Å². The molecule has 0 spiro atoms. The monoisotopic (exact) mass is 505 g/mol. The van der Waals surface area contributed by atoms with Gasteiger partial charge in [0.1, 0.15) is 11.5 Å². The van der Waals surface area contributed by atoms with Gasteiger partial charge in [0, 0.05) is 17.7 Å². The van der Waals surface area contributed by atoms with E-state index in [1.165, 1.54) is 24.4 Å². The van der Waals surface area contributed by atoms with Crippen molar-refractivity contribution in [3.05, 3.63) is 81.1 Å². The molecule has 13 nitrogen and oxygen atoms in total. The standard InChI is InChI=1S/C22H16ClN9O4/c1-12-2-4-13(5-3-12)27-29-20-19(25-21-22(26-20)31-36-30-21)28-24-11-15-7-9-18(35-15)16-8-6-14(32(33)34)10-17(16)23/h2-11,27H,1H3,(H,25,28,30)(H,26,29,31)/b24-11+. The number of rotatable bonds is 8. The fourth-order valence-electron chi connectivity index (χ4n) is 3.11. The summed E-state index contributed by atoms with van der Waals surface area (Å²) in [7, 11) is 0. The first-order valence-corrected chi connectivity index (χ1v) is 10.8. The maximum absolute atomic E-state index is 10.9. The third-order valence-electron chi connectivity index (χ3n) is 4.91. The normalized spacial score (nSPS) is 11.2. The molecule has 0 radical (unpaired) electrons. The summed E-state index contributed by atoms with van der Waals surface area (Å²) in [5, 5.41) is 22.7. The first-order chi connectivity index (χ1) is 17.5. The number of fused-ring (bicyclic) bond motifs is 1. The second kappa shape index (κ2) is 9.68. The van der Waals surface area contributed by atoms with Crippen molar-refractivity contribution in [1.82, 2.24) is 20.3 Å². The van der Waals surface area contributed by atoms with Crippen LogP contribution in [-0.2, 0) is 0 Å². The molecule has 0 saturated carbocycles. The highest BCUT2D eigenvalue weighted by molar-refractivity contribution is 6.33. The molecule has 0 aliphatic heterocycles. The lowest BCUT2D eigenvalue weighted by molar-refractivity contribution is -0.384. The van der Waals surface area contributed by atoms with Crippen molar-refractivity contribution in [3.63, 3.8) is 0 Å². The Balaban J connectivity index is 1.32. The number of nitrogens with one attached hydrogen (secondary N) is 3. The zero-order chi connectivity index (χ0) is 25.1. The van der Waals surface area contributed by atoms with Gasteiger partial charge >= 0.3 is 0 Å². The van der Waals surface area contributed by atoms with Gasteiger partial charge in [-0.2, -0.15) is 15.1 Å². The SMILES string of the molecule is Cc1ccc(NNc2nc3nonc3nc2N/N=C/c2ccc(-c3ccc([N+](=O)[O-])cc3Cl)o2)cc1. The fraction of sp³-hybridized carbons (Fsp3) is 0.0455. The third-order valence-corrected chi connectivity index (χ3v) is 5.22. The molecule has 0 unspecified atom stereocenters. The number of hydrazine groups is 1. The summed E-state index contributed by atoms with van der Waals surface area (Å²) in [6, 6.07) is 15.2. The summed E-state index contributed by atoms with van der Waals surface area (Å²) in [5.74, 6) is 1.38. The maximum atomic E-state index is 10.9. The van der Waals surface area contributed by atoms with Crippen LogP contribution in [0.25, 0.3) is 22.6 Å². The summed E-state index contributed by atoms with van der Waals surface area (Å²) in [5.41, 5.74) is 11.5. The van der Waals surface area contributed by atoms with Gasteiger partial charge < -0.3 is 4.42 Å². The predicted octanol–water partition coefficient (Wildman–Crippen LogP) is 5.03. The van der Waals surface area contributed by atoms with E-state index in [2.05, 4.69) is 41.7 Å². The molecular formula is C22H16ClN9O4. The lowest BCUT2D eigenvalue weighted by Crippen LogP contribution is -2.13. The van der Waals surface area contributed by atoms with Crippen LogP contribution in [-0.4, -0.2) is 31.4 Å². The second-order valence-corrected chi connectivity index (χ2v) is 7.85. The number of furan rings is 1. The van der Waals surface area contributed by atoms with Crippen molar-refractivity contribution in [2.75, 3.05) is 16.3 Å². The second-order valence-electron chi connectivity index (χ2n) is 7.44. The first-order valence-electron chi connectivity index (χ1n) is 10.4. The number of benzene rings is 2. The Hall–Kier alpha value is -5.04. The van der Waals surface area contributed by atoms with Crippen LogP contribution >= 0.6 is 11.6 Å². The Labute approximate surface area is 207 Å². The minimum absolute atomic E-state index is 0.108. The summed E-state index contributed by atoms with van der Waals surface area (Å²) in [4.78, 5) is 19.1. The molecular weight excluding hydrogens is 490 g/mol. The topological polar surface area (TPSA) is 169 Å². The number of hydrazone groups is 1. The molecule has 2 aromatic carbocycles. The van der Waals surface area contributed by atoms with E-state index in [-0.39, 0.29) is 27.8 Å². The van der Waals surface area contributed by atoms with Crippen LogP contribution in [0.15, 0.2) is 68.7 Å². The molecule has 3 N–H and O–H groups in total. The van der Waals surface area contributed by atoms with Gasteiger partial charge in [0.2, 0.25) is 11.3 Å². The van der Waals surface area contributed by atoms with Gasteiger partial charge in [0.15, 0.2) is 11.6 Å². The van der Waals surface area contributed by atoms with Crippen LogP contribution in [0.1, 0.15) is 11.3 Å². The van der Waals surface area contributed by atoms with E-state index >= 15 is 0 Å². The van der Waals surface area contributed by atoms with Gasteiger partial charge in [0.25, 0.3) is 5.69 Å². The summed E-state index contributed by atoms with van der Waals surface area (Å²) in [6.07, 6.45) is 1.42. The van der Waals surface area contributed by atoms with Gasteiger partial charge in [0.05, 0.1) is 21.8 Å². The molecule has 3 heterocycles. The lowest BCUT2D eigenvalue weighted by Gasteiger charge is -2.11. The van der Waals surface area contributed by atoms with Crippen molar-refractivity contribution in [3.8, 4) is 11.3 Å². The number of aromatic nitrogens is 4. The zero-order valence-corrected chi connectivity index (χ0v) is 19.2. The van der Waals surface area contributed by atoms with E-state index in [1.54, 1.807) is 12.1 Å². The molecule has 0 saturated heterocycles. The number of hydrogen-bond acceptors (Lipinski definition) is 12. The molecule has 3 aromatic heterocycles. The molecule has 0 aliphatic rings.